The van der Waals surface area contributed by atoms with Crippen LogP contribution in [0.3, 0.4) is 0 Å². The zero-order valence-corrected chi connectivity index (χ0v) is 12.5. The smallest absolute Gasteiger partial charge is 0.115 e. The molecule has 3 aliphatic carbocycles. The highest BCUT2D eigenvalue weighted by Crippen LogP contribution is 2.60. The summed E-state index contributed by atoms with van der Waals surface area (Å²) in [5.41, 5.74) is 2.57. The maximum atomic E-state index is 10.4. The molecule has 0 heterocycles. The zero-order chi connectivity index (χ0) is 14.8. The van der Waals surface area contributed by atoms with Gasteiger partial charge in [-0.1, -0.05) is 13.0 Å². The van der Waals surface area contributed by atoms with Gasteiger partial charge in [0, 0.05) is 0 Å². The van der Waals surface area contributed by atoms with Gasteiger partial charge in [0.25, 0.3) is 0 Å². The van der Waals surface area contributed by atoms with Crippen molar-refractivity contribution in [2.24, 2.45) is 17.3 Å². The molecular formula is C18H24O3. The summed E-state index contributed by atoms with van der Waals surface area (Å²) in [5, 5.41) is 30.2. The first-order valence-corrected chi connectivity index (χ1v) is 8.18. The van der Waals surface area contributed by atoms with Crippen molar-refractivity contribution in [3.8, 4) is 5.75 Å². The first-order valence-electron chi connectivity index (χ1n) is 8.18. The van der Waals surface area contributed by atoms with Gasteiger partial charge in [-0.3, -0.25) is 0 Å². The third-order valence-electron chi connectivity index (χ3n) is 6.68. The Bertz CT molecular complexity index is 570. The summed E-state index contributed by atoms with van der Waals surface area (Å²) >= 11 is 0. The number of hydrogen-bond acceptors (Lipinski definition) is 3. The summed E-state index contributed by atoms with van der Waals surface area (Å²) in [5.74, 6) is 1.88. The second-order valence-corrected chi connectivity index (χ2v) is 7.59. The highest BCUT2D eigenvalue weighted by Gasteiger charge is 2.57. The van der Waals surface area contributed by atoms with E-state index in [1.807, 2.05) is 6.07 Å². The fraction of sp³-hybridized carbons (Fsp3) is 0.667. The average molecular weight is 288 g/mol. The first-order chi connectivity index (χ1) is 10.0. The average Bonchev–Trinajstić information content (AvgIpc) is 2.70. The van der Waals surface area contributed by atoms with Gasteiger partial charge in [-0.25, -0.2) is 0 Å². The quantitative estimate of drug-likeness (QED) is 0.687. The van der Waals surface area contributed by atoms with Crippen LogP contribution in [-0.2, 0) is 6.42 Å². The number of phenols is 1. The van der Waals surface area contributed by atoms with E-state index in [4.69, 9.17) is 0 Å². The molecular weight excluding hydrogens is 264 g/mol. The molecule has 3 nitrogen and oxygen atoms in total. The van der Waals surface area contributed by atoms with E-state index in [0.29, 0.717) is 23.5 Å². The molecule has 21 heavy (non-hydrogen) atoms. The molecule has 0 aromatic heterocycles. The van der Waals surface area contributed by atoms with E-state index in [1.165, 1.54) is 11.1 Å². The lowest BCUT2D eigenvalue weighted by molar-refractivity contribution is -0.0505. The minimum Gasteiger partial charge on any atom is -0.508 e. The van der Waals surface area contributed by atoms with Crippen LogP contribution in [0.25, 0.3) is 0 Å². The Morgan fingerprint density at radius 1 is 1.19 bits per heavy atom. The van der Waals surface area contributed by atoms with Crippen LogP contribution in [0.15, 0.2) is 18.2 Å². The Kier molecular flexibility index (Phi) is 2.89. The summed E-state index contributed by atoms with van der Waals surface area (Å²) in [6, 6.07) is 5.80. The van der Waals surface area contributed by atoms with E-state index in [-0.39, 0.29) is 5.41 Å². The molecule has 4 rings (SSSR count). The molecule has 1 aromatic carbocycles. The van der Waals surface area contributed by atoms with Gasteiger partial charge in [0.1, 0.15) is 5.75 Å². The Labute approximate surface area is 125 Å². The van der Waals surface area contributed by atoms with E-state index in [2.05, 4.69) is 13.0 Å². The fourth-order valence-corrected chi connectivity index (χ4v) is 5.56. The van der Waals surface area contributed by atoms with Crippen LogP contribution in [-0.4, -0.2) is 27.5 Å². The molecule has 2 saturated carbocycles. The number of fused-ring (bicyclic) bond motifs is 5. The lowest BCUT2D eigenvalue weighted by Gasteiger charge is -2.49. The predicted molar refractivity (Wildman–Crippen MR) is 80.1 cm³/mol. The van der Waals surface area contributed by atoms with Crippen molar-refractivity contribution in [2.45, 2.75) is 57.2 Å². The fourth-order valence-electron chi connectivity index (χ4n) is 5.56. The molecule has 0 spiro atoms. The van der Waals surface area contributed by atoms with E-state index in [0.717, 1.165) is 32.1 Å². The second kappa shape index (κ2) is 4.47. The number of aliphatic hydroxyl groups excluding tert-OH is 2. The van der Waals surface area contributed by atoms with Gasteiger partial charge in [0.15, 0.2) is 0 Å². The highest BCUT2D eigenvalue weighted by atomic mass is 16.3. The van der Waals surface area contributed by atoms with Crippen LogP contribution in [0, 0.1) is 17.3 Å². The van der Waals surface area contributed by atoms with Crippen molar-refractivity contribution < 1.29 is 15.3 Å². The Morgan fingerprint density at radius 2 is 2.00 bits per heavy atom. The van der Waals surface area contributed by atoms with Crippen LogP contribution in [0.4, 0.5) is 0 Å². The molecule has 1 aromatic rings. The minimum atomic E-state index is -0.565. The number of hydrogen-bond donors (Lipinski definition) is 3. The molecule has 0 amide bonds. The van der Waals surface area contributed by atoms with Crippen LogP contribution >= 0.6 is 0 Å². The summed E-state index contributed by atoms with van der Waals surface area (Å²) in [4.78, 5) is 0. The highest BCUT2D eigenvalue weighted by molar-refractivity contribution is 5.40. The Balaban J connectivity index is 1.71. The van der Waals surface area contributed by atoms with Crippen molar-refractivity contribution in [1.29, 1.82) is 0 Å². The van der Waals surface area contributed by atoms with Crippen LogP contribution in [0.1, 0.15) is 49.7 Å². The predicted octanol–water partition coefficient (Wildman–Crippen LogP) is 2.58. The number of aromatic hydroxyl groups is 1. The van der Waals surface area contributed by atoms with Crippen molar-refractivity contribution >= 4 is 0 Å². The molecule has 6 atom stereocenters. The Hall–Kier alpha value is -1.06. The van der Waals surface area contributed by atoms with Gasteiger partial charge in [0.2, 0.25) is 0 Å². The standard InChI is InChI=1S/C18H24O3/c1-18-7-6-13-12-5-3-11(19)8-10(12)2-4-14(13)15(18)9-16(20)17(18)21/h3,5,8,13-17,19-21H,2,4,6-7,9H2,1H3/t13?,14-,15?,16?,17+,18+/m1/s1. The first kappa shape index (κ1) is 13.6. The van der Waals surface area contributed by atoms with E-state index >= 15 is 0 Å². The lowest BCUT2D eigenvalue weighted by atomic mass is 9.55. The van der Waals surface area contributed by atoms with Crippen LogP contribution in [0.5, 0.6) is 5.75 Å². The van der Waals surface area contributed by atoms with Gasteiger partial charge >= 0.3 is 0 Å². The van der Waals surface area contributed by atoms with Crippen molar-refractivity contribution in [1.82, 2.24) is 0 Å². The topological polar surface area (TPSA) is 60.7 Å². The Morgan fingerprint density at radius 3 is 2.81 bits per heavy atom. The molecule has 0 aliphatic heterocycles. The summed E-state index contributed by atoms with van der Waals surface area (Å²) in [6.07, 6.45) is 3.80. The number of benzene rings is 1. The van der Waals surface area contributed by atoms with E-state index in [1.54, 1.807) is 6.07 Å². The minimum absolute atomic E-state index is 0.116. The lowest BCUT2D eigenvalue weighted by Crippen LogP contribution is -2.44. The van der Waals surface area contributed by atoms with Gasteiger partial charge < -0.3 is 15.3 Å². The maximum Gasteiger partial charge on any atom is 0.115 e. The number of aliphatic hydroxyl groups is 2. The summed E-state index contributed by atoms with van der Waals surface area (Å²) < 4.78 is 0. The largest absolute Gasteiger partial charge is 0.508 e. The molecule has 114 valence electrons. The molecule has 3 aliphatic rings. The molecule has 3 heteroatoms. The van der Waals surface area contributed by atoms with Gasteiger partial charge in [0.05, 0.1) is 12.2 Å². The van der Waals surface area contributed by atoms with Gasteiger partial charge in [-0.15, -0.1) is 0 Å². The number of aryl methyl sites for hydroxylation is 1. The van der Waals surface area contributed by atoms with Crippen LogP contribution < -0.4 is 0 Å². The van der Waals surface area contributed by atoms with Crippen molar-refractivity contribution in [3.05, 3.63) is 29.3 Å². The van der Waals surface area contributed by atoms with E-state index in [9.17, 15) is 15.3 Å². The molecule has 3 N–H and O–H groups in total. The van der Waals surface area contributed by atoms with Crippen LogP contribution in [0.2, 0.25) is 0 Å². The maximum absolute atomic E-state index is 10.4. The third-order valence-corrected chi connectivity index (χ3v) is 6.68. The molecule has 2 fully saturated rings. The van der Waals surface area contributed by atoms with E-state index < -0.39 is 12.2 Å². The summed E-state index contributed by atoms with van der Waals surface area (Å²) in [6.45, 7) is 2.17. The van der Waals surface area contributed by atoms with Crippen molar-refractivity contribution in [2.75, 3.05) is 0 Å². The zero-order valence-electron chi connectivity index (χ0n) is 12.5. The van der Waals surface area contributed by atoms with Crippen molar-refractivity contribution in [3.63, 3.8) is 0 Å². The molecule has 0 radical (unpaired) electrons. The molecule has 0 bridgehead atoms. The third kappa shape index (κ3) is 1.80. The monoisotopic (exact) mass is 288 g/mol. The van der Waals surface area contributed by atoms with Gasteiger partial charge in [-0.05, 0) is 78.5 Å². The molecule has 0 saturated heterocycles. The normalized spacial score (nSPS) is 44.8. The SMILES string of the molecule is C[C@]12CCC3c4ccc(O)cc4CC[C@H]3C1CC(O)[C@@H]2O. The number of phenolic OH excluding ortho intramolecular Hbond substituents is 1. The summed E-state index contributed by atoms with van der Waals surface area (Å²) in [7, 11) is 0. The molecule has 3 unspecified atom stereocenters. The second-order valence-electron chi connectivity index (χ2n) is 7.59. The van der Waals surface area contributed by atoms with Gasteiger partial charge in [-0.2, -0.15) is 0 Å². The number of rotatable bonds is 0.